The topological polar surface area (TPSA) is 37.4 Å². The first kappa shape index (κ1) is 24.5. The second-order valence-electron chi connectivity index (χ2n) is 9.79. The van der Waals surface area contributed by atoms with Crippen molar-refractivity contribution in [3.8, 4) is 0 Å². The minimum Gasteiger partial charge on any atom is -0.366 e. The third-order valence-corrected chi connectivity index (χ3v) is 7.64. The van der Waals surface area contributed by atoms with Crippen LogP contribution in [0.15, 0.2) is 42.1 Å². The van der Waals surface area contributed by atoms with Crippen molar-refractivity contribution < 1.29 is 9.59 Å². The van der Waals surface area contributed by atoms with Crippen molar-refractivity contribution in [2.75, 3.05) is 13.1 Å². The van der Waals surface area contributed by atoms with Crippen molar-refractivity contribution in [2.24, 2.45) is 5.41 Å². The number of allylic oxidation sites excluding steroid dienone is 1. The van der Waals surface area contributed by atoms with Gasteiger partial charge in [-0.2, -0.15) is 0 Å². The second-order valence-corrected chi connectivity index (χ2v) is 11.0. The van der Waals surface area contributed by atoms with E-state index in [1.165, 1.54) is 35.3 Å². The van der Waals surface area contributed by atoms with Crippen molar-refractivity contribution in [1.29, 1.82) is 0 Å². The Kier molecular flexibility index (Phi) is 8.90. The Balaban J connectivity index is 1.46. The van der Waals surface area contributed by atoms with Crippen molar-refractivity contribution in [3.63, 3.8) is 0 Å². The van der Waals surface area contributed by atoms with E-state index in [-0.39, 0.29) is 5.78 Å². The summed E-state index contributed by atoms with van der Waals surface area (Å²) in [5, 5.41) is 0. The summed E-state index contributed by atoms with van der Waals surface area (Å²) in [6.45, 7) is 7.92. The van der Waals surface area contributed by atoms with Gasteiger partial charge in [0.05, 0.1) is 4.88 Å². The van der Waals surface area contributed by atoms with Crippen LogP contribution < -0.4 is 0 Å². The van der Waals surface area contributed by atoms with Gasteiger partial charge in [0.1, 0.15) is 11.6 Å². The number of ketones is 1. The van der Waals surface area contributed by atoms with E-state index in [1.54, 1.807) is 11.3 Å². The number of piperidine rings is 1. The van der Waals surface area contributed by atoms with E-state index < -0.39 is 5.41 Å². The van der Waals surface area contributed by atoms with Gasteiger partial charge in [0.25, 0.3) is 0 Å². The van der Waals surface area contributed by atoms with Crippen LogP contribution in [0.4, 0.5) is 0 Å². The fourth-order valence-electron chi connectivity index (χ4n) is 4.54. The van der Waals surface area contributed by atoms with Crippen LogP contribution in [0.3, 0.4) is 0 Å². The Labute approximate surface area is 197 Å². The van der Waals surface area contributed by atoms with Crippen LogP contribution in [0.5, 0.6) is 0 Å². The van der Waals surface area contributed by atoms with Gasteiger partial charge in [-0.1, -0.05) is 50.1 Å². The number of hydrogen-bond acceptors (Lipinski definition) is 4. The summed E-state index contributed by atoms with van der Waals surface area (Å²) >= 11 is 1.62. The number of rotatable bonds is 11. The number of carbonyl (C=O) groups is 1. The number of likely N-dealkylation sites (tertiary alicyclic amines) is 1. The van der Waals surface area contributed by atoms with Gasteiger partial charge in [-0.05, 0) is 69.6 Å². The van der Waals surface area contributed by atoms with E-state index in [2.05, 4.69) is 48.1 Å². The molecule has 3 rings (SSSR count). The molecule has 0 amide bonds. The molecule has 1 aliphatic rings. The van der Waals surface area contributed by atoms with E-state index in [1.807, 2.05) is 19.9 Å². The molecule has 0 radical (unpaired) electrons. The maximum Gasteiger partial charge on any atom is 0.173 e. The normalized spacial score (nSPS) is 14.3. The third-order valence-electron chi connectivity index (χ3n) is 6.46. The number of carbonyl (C=O) groups excluding carboxylic acids is 2. The highest BCUT2D eigenvalue weighted by atomic mass is 32.1. The molecule has 3 nitrogen and oxygen atoms in total. The lowest BCUT2D eigenvalue weighted by atomic mass is 9.82. The molecule has 1 aliphatic heterocycles. The van der Waals surface area contributed by atoms with Gasteiger partial charge in [0, 0.05) is 29.8 Å². The van der Waals surface area contributed by atoms with Crippen LogP contribution in [-0.2, 0) is 17.6 Å². The Morgan fingerprint density at radius 2 is 1.66 bits per heavy atom. The molecule has 2 aromatic rings. The lowest BCUT2D eigenvalue weighted by Gasteiger charge is -2.36. The summed E-state index contributed by atoms with van der Waals surface area (Å²) in [6.07, 6.45) is 9.49. The molecule has 2 heterocycles. The standard InChI is InChI=1S/C28H37NO2S/c1-22-12-14-23(15-13-22)10-6-4-7-11-24-16-17-26(32-24)25(31)20-28(2,3)27(21-30)29-18-8-5-9-19-29/h12-17H,4-11,18-20H2,1-3H3. The molecule has 32 heavy (non-hydrogen) atoms. The van der Waals surface area contributed by atoms with Crippen LogP contribution in [0, 0.1) is 12.3 Å². The number of unbranched alkanes of at least 4 members (excludes halogenated alkanes) is 2. The summed E-state index contributed by atoms with van der Waals surface area (Å²) in [5.41, 5.74) is 2.90. The maximum absolute atomic E-state index is 13.0. The Bertz CT molecular complexity index is 929. The largest absolute Gasteiger partial charge is 0.366 e. The summed E-state index contributed by atoms with van der Waals surface area (Å²) in [7, 11) is 0. The maximum atomic E-state index is 13.0. The summed E-state index contributed by atoms with van der Waals surface area (Å²) in [4.78, 5) is 29.0. The molecule has 1 saturated heterocycles. The van der Waals surface area contributed by atoms with E-state index in [9.17, 15) is 9.59 Å². The third kappa shape index (κ3) is 6.92. The molecule has 0 unspecified atom stereocenters. The SMILES string of the molecule is Cc1ccc(CCCCCc2ccc(C(=O)CC(C)(C)C(=C=O)N3CCCCC3)s2)cc1. The first-order chi connectivity index (χ1) is 15.4. The Morgan fingerprint density at radius 3 is 2.34 bits per heavy atom. The zero-order valence-electron chi connectivity index (χ0n) is 19.9. The fraction of sp³-hybridized carbons (Fsp3) is 0.536. The molecule has 0 atom stereocenters. The average Bonchev–Trinajstić information content (AvgIpc) is 3.25. The predicted molar refractivity (Wildman–Crippen MR) is 134 cm³/mol. The first-order valence-corrected chi connectivity index (χ1v) is 12.9. The van der Waals surface area contributed by atoms with E-state index in [0.29, 0.717) is 12.1 Å². The molecular weight excluding hydrogens is 414 g/mol. The average molecular weight is 452 g/mol. The highest BCUT2D eigenvalue weighted by molar-refractivity contribution is 7.14. The molecule has 0 N–H and O–H groups in total. The molecule has 0 aliphatic carbocycles. The summed E-state index contributed by atoms with van der Waals surface area (Å²) in [5.74, 6) is 2.31. The number of Topliss-reactive ketones (excluding diaryl/α,β-unsaturated/α-hetero) is 1. The fourth-order valence-corrected chi connectivity index (χ4v) is 5.53. The minimum absolute atomic E-state index is 0.135. The van der Waals surface area contributed by atoms with E-state index >= 15 is 0 Å². The number of hydrogen-bond donors (Lipinski definition) is 0. The molecule has 0 spiro atoms. The Morgan fingerprint density at radius 1 is 0.969 bits per heavy atom. The molecule has 1 fully saturated rings. The number of nitrogens with zero attached hydrogens (tertiary/aromatic N) is 1. The van der Waals surface area contributed by atoms with Gasteiger partial charge >= 0.3 is 0 Å². The van der Waals surface area contributed by atoms with Crippen LogP contribution in [0.2, 0.25) is 0 Å². The quantitative estimate of drug-likeness (QED) is 0.214. The monoisotopic (exact) mass is 451 g/mol. The van der Waals surface area contributed by atoms with Crippen LogP contribution in [0.25, 0.3) is 0 Å². The van der Waals surface area contributed by atoms with Crippen LogP contribution >= 0.6 is 11.3 Å². The molecular formula is C28H37NO2S. The highest BCUT2D eigenvalue weighted by Gasteiger charge is 2.33. The van der Waals surface area contributed by atoms with Crippen molar-refractivity contribution in [2.45, 2.75) is 78.6 Å². The smallest absolute Gasteiger partial charge is 0.173 e. The molecule has 1 aromatic heterocycles. The van der Waals surface area contributed by atoms with Gasteiger partial charge in [-0.25, -0.2) is 4.79 Å². The van der Waals surface area contributed by atoms with Crippen molar-refractivity contribution in [1.82, 2.24) is 4.90 Å². The zero-order chi connectivity index (χ0) is 23.0. The number of benzene rings is 1. The Hall–Kier alpha value is -2.16. The zero-order valence-corrected chi connectivity index (χ0v) is 20.7. The lowest BCUT2D eigenvalue weighted by molar-refractivity contribution is 0.0932. The number of thiophene rings is 1. The van der Waals surface area contributed by atoms with Crippen molar-refractivity contribution >= 4 is 23.1 Å². The molecule has 4 heteroatoms. The summed E-state index contributed by atoms with van der Waals surface area (Å²) in [6, 6.07) is 12.9. The number of aryl methyl sites for hydroxylation is 3. The van der Waals surface area contributed by atoms with Gasteiger partial charge in [0.2, 0.25) is 0 Å². The van der Waals surface area contributed by atoms with E-state index in [4.69, 9.17) is 0 Å². The van der Waals surface area contributed by atoms with Crippen LogP contribution in [-0.4, -0.2) is 29.7 Å². The van der Waals surface area contributed by atoms with Crippen molar-refractivity contribution in [3.05, 3.63) is 63.0 Å². The van der Waals surface area contributed by atoms with Gasteiger partial charge in [-0.3, -0.25) is 4.79 Å². The van der Waals surface area contributed by atoms with Crippen LogP contribution in [0.1, 0.15) is 84.5 Å². The highest BCUT2D eigenvalue weighted by Crippen LogP contribution is 2.35. The summed E-state index contributed by atoms with van der Waals surface area (Å²) < 4.78 is 0. The first-order valence-electron chi connectivity index (χ1n) is 12.1. The lowest BCUT2D eigenvalue weighted by Crippen LogP contribution is -2.37. The van der Waals surface area contributed by atoms with Gasteiger partial charge in [-0.15, -0.1) is 11.3 Å². The predicted octanol–water partition coefficient (Wildman–Crippen LogP) is 6.81. The van der Waals surface area contributed by atoms with Gasteiger partial charge in [0.15, 0.2) is 5.78 Å². The van der Waals surface area contributed by atoms with Gasteiger partial charge < -0.3 is 4.90 Å². The minimum atomic E-state index is -0.490. The van der Waals surface area contributed by atoms with E-state index in [0.717, 1.165) is 50.1 Å². The molecule has 0 saturated carbocycles. The second kappa shape index (κ2) is 11.6. The molecule has 172 valence electrons. The molecule has 1 aromatic carbocycles. The molecule has 0 bridgehead atoms.